The van der Waals surface area contributed by atoms with Crippen LogP contribution in [0, 0.1) is 25.5 Å². The van der Waals surface area contributed by atoms with Crippen LogP contribution >= 0.6 is 15.9 Å². The molecule has 6 aromatic heterocycles. The van der Waals surface area contributed by atoms with Gasteiger partial charge in [-0.1, -0.05) is 32.6 Å². The summed E-state index contributed by atoms with van der Waals surface area (Å²) in [5, 5.41) is 18.6. The minimum Gasteiger partial charge on any atom is -0.507 e. The van der Waals surface area contributed by atoms with Crippen LogP contribution in [0.4, 0.5) is 31.3 Å². The van der Waals surface area contributed by atoms with E-state index in [1.165, 1.54) is 34.9 Å². The first-order valence-electron chi connectivity index (χ1n) is 25.3. The summed E-state index contributed by atoms with van der Waals surface area (Å²) in [5.41, 5.74) is 1.31. The zero-order chi connectivity index (χ0) is 55.9. The molecule has 3 atom stereocenters. The molecule has 21 nitrogen and oxygen atoms in total. The summed E-state index contributed by atoms with van der Waals surface area (Å²) < 4.78 is 71.6. The van der Waals surface area contributed by atoms with E-state index in [2.05, 4.69) is 52.9 Å². The molecule has 2 aliphatic heterocycles. The average molecular weight is 1150 g/mol. The molecule has 3 N–H and O–H groups in total. The minimum absolute atomic E-state index is 0.0171. The zero-order valence-electron chi connectivity index (χ0n) is 44.4. The molecular formula is C53H58BrF2N15O6S. The Morgan fingerprint density at radius 1 is 0.962 bits per heavy atom. The van der Waals surface area contributed by atoms with E-state index >= 15 is 8.78 Å². The van der Waals surface area contributed by atoms with Gasteiger partial charge < -0.3 is 29.9 Å². The number of hydrogen-bond acceptors (Lipinski definition) is 16. The molecule has 0 saturated carbocycles. The number of nitrogens with zero attached hydrogens (tertiary/aromatic N) is 13. The number of fused-ring (bicyclic) bond motifs is 3. The SMILES string of the molecule is C=C(C(C)(C)OC(=O)N1[C@H](C)CN(c2nc(NCc3nc4ccc(C)cc4[nH]3)n3ncc(Br)c3n2)C[C@@H]1C)S(=O)(=O)N1CCN(c2nc(=O)n(-c3c(C)ccnc3C(C)C)c3nc(-c4c(O)cccc4F)c(F)cc23)[C@@H](C)C1. The number of phenols is 1. The van der Waals surface area contributed by atoms with Gasteiger partial charge in [0.2, 0.25) is 21.9 Å². The molecule has 1 amide bonds. The lowest BCUT2D eigenvalue weighted by molar-refractivity contribution is 0.0165. The van der Waals surface area contributed by atoms with Gasteiger partial charge in [0, 0.05) is 45.0 Å². The largest absolute Gasteiger partial charge is 0.507 e. The number of rotatable bonds is 12. The van der Waals surface area contributed by atoms with Crippen LogP contribution in [0.3, 0.4) is 0 Å². The number of anilines is 3. The maximum absolute atomic E-state index is 16.4. The highest BCUT2D eigenvalue weighted by Crippen LogP contribution is 2.38. The highest BCUT2D eigenvalue weighted by molar-refractivity contribution is 9.10. The maximum Gasteiger partial charge on any atom is 0.411 e. The highest BCUT2D eigenvalue weighted by Gasteiger charge is 2.44. The number of benzene rings is 2. The Labute approximate surface area is 456 Å². The molecule has 0 aliphatic carbocycles. The number of aromatic amines is 1. The zero-order valence-corrected chi connectivity index (χ0v) is 46.8. The molecule has 2 aliphatic rings. The second kappa shape index (κ2) is 20.3. The number of hydrogen-bond donors (Lipinski definition) is 3. The van der Waals surface area contributed by atoms with E-state index in [-0.39, 0.29) is 47.3 Å². The number of amides is 1. The van der Waals surface area contributed by atoms with Gasteiger partial charge in [-0.25, -0.2) is 41.3 Å². The van der Waals surface area contributed by atoms with E-state index in [0.717, 1.165) is 28.7 Å². The molecule has 0 unspecified atom stereocenters. The third-order valence-corrected chi connectivity index (χ3v) is 17.0. The van der Waals surface area contributed by atoms with Gasteiger partial charge in [-0.15, -0.1) is 0 Å². The third kappa shape index (κ3) is 9.64. The Balaban J connectivity index is 0.857. The summed E-state index contributed by atoms with van der Waals surface area (Å²) in [6.07, 6.45) is 2.51. The lowest BCUT2D eigenvalue weighted by Crippen LogP contribution is -2.60. The van der Waals surface area contributed by atoms with Crippen molar-refractivity contribution in [1.29, 1.82) is 0 Å². The minimum atomic E-state index is -4.38. The Morgan fingerprint density at radius 3 is 2.41 bits per heavy atom. The predicted molar refractivity (Wildman–Crippen MR) is 295 cm³/mol. The van der Waals surface area contributed by atoms with Crippen LogP contribution in [-0.4, -0.2) is 134 Å². The normalized spacial score (nSPS) is 17.7. The smallest absolute Gasteiger partial charge is 0.411 e. The van der Waals surface area contributed by atoms with Crippen molar-refractivity contribution in [2.45, 2.75) is 98.5 Å². The second-order valence-electron chi connectivity index (χ2n) is 20.7. The quantitative estimate of drug-likeness (QED) is 0.105. The lowest BCUT2D eigenvalue weighted by atomic mass is 10.0. The molecule has 0 bridgehead atoms. The molecular weight excluding hydrogens is 1090 g/mol. The fourth-order valence-corrected chi connectivity index (χ4v) is 12.4. The van der Waals surface area contributed by atoms with Crippen molar-refractivity contribution in [2.24, 2.45) is 0 Å². The second-order valence-corrected chi connectivity index (χ2v) is 23.6. The number of phenolic OH excluding ortho intramolecular Hbond substituents is 1. The third-order valence-electron chi connectivity index (χ3n) is 14.3. The Morgan fingerprint density at radius 2 is 1.71 bits per heavy atom. The van der Waals surface area contributed by atoms with Gasteiger partial charge in [0.05, 0.1) is 67.6 Å². The molecule has 408 valence electrons. The van der Waals surface area contributed by atoms with Crippen LogP contribution < -0.4 is 20.8 Å². The first-order chi connectivity index (χ1) is 36.9. The first-order valence-corrected chi connectivity index (χ1v) is 27.6. The molecule has 0 spiro atoms. The van der Waals surface area contributed by atoms with E-state index in [4.69, 9.17) is 19.7 Å². The van der Waals surface area contributed by atoms with Crippen LogP contribution in [0.15, 0.2) is 81.7 Å². The monoisotopic (exact) mass is 1150 g/mol. The van der Waals surface area contributed by atoms with Gasteiger partial charge in [0.25, 0.3) is 0 Å². The predicted octanol–water partition coefficient (Wildman–Crippen LogP) is 8.12. The maximum atomic E-state index is 16.4. The van der Waals surface area contributed by atoms with Crippen molar-refractivity contribution in [3.8, 4) is 22.7 Å². The first kappa shape index (κ1) is 53.7. The fourth-order valence-electron chi connectivity index (χ4n) is 10.3. The standard InChI is InChI=1S/C53H58BrF2N15O6S/c1-27(2)43-45(29(4)16-17-57-43)70-47-34(21-37(56)44(62-47)42-36(55)12-11-13-40(42)72)46(64-51(70)73)68-19-18-67(26-30(68)5)78(75,76)33(8)53(9,10)77-52(74)69-31(6)24-66(25-32(69)7)50-63-48-35(54)22-59-71(48)49(65-50)58-23-41-60-38-15-14-28(3)20-39(38)61-41/h11-17,20-22,27,30-32,72H,8,18-19,23-26H2,1-7,9-10H3,(H,60,61)(H,58,63,65)/t30-,31-,32+/m0/s1. The lowest BCUT2D eigenvalue weighted by Gasteiger charge is -2.45. The average Bonchev–Trinajstić information content (AvgIpc) is 4.06. The van der Waals surface area contributed by atoms with Crippen molar-refractivity contribution >= 4 is 77.5 Å². The Kier molecular flexibility index (Phi) is 14.0. The van der Waals surface area contributed by atoms with Gasteiger partial charge in [-0.05, 0) is 118 Å². The number of carbonyl (C=O) groups excluding carboxylic acids is 1. The van der Waals surface area contributed by atoms with Crippen LogP contribution in [0.25, 0.3) is 44.7 Å². The number of ether oxygens (including phenoxy) is 1. The molecule has 2 fully saturated rings. The number of pyridine rings is 2. The number of piperazine rings is 2. The number of sulfonamides is 1. The van der Waals surface area contributed by atoms with Crippen molar-refractivity contribution < 1.29 is 31.8 Å². The molecule has 10 rings (SSSR count). The summed E-state index contributed by atoms with van der Waals surface area (Å²) in [6.45, 7) is 20.6. The van der Waals surface area contributed by atoms with Crippen LogP contribution in [0.1, 0.15) is 77.0 Å². The van der Waals surface area contributed by atoms with Gasteiger partial charge in [-0.3, -0.25) is 9.88 Å². The van der Waals surface area contributed by atoms with Crippen LogP contribution in [0.5, 0.6) is 5.75 Å². The molecule has 8 aromatic rings. The highest BCUT2D eigenvalue weighted by atomic mass is 79.9. The van der Waals surface area contributed by atoms with E-state index in [9.17, 15) is 23.1 Å². The molecule has 0 radical (unpaired) electrons. The summed E-state index contributed by atoms with van der Waals surface area (Å²) >= 11 is 3.56. The molecule has 8 heterocycles. The topological polar surface area (TPSA) is 238 Å². The van der Waals surface area contributed by atoms with E-state index < -0.39 is 74.2 Å². The van der Waals surface area contributed by atoms with Crippen molar-refractivity contribution in [3.63, 3.8) is 0 Å². The molecule has 25 heteroatoms. The fraction of sp³-hybridized carbons (Fsp3) is 0.377. The molecule has 78 heavy (non-hydrogen) atoms. The number of imidazole rings is 1. The Bertz CT molecular complexity index is 3870. The number of aromatic nitrogens is 10. The number of carbonyl (C=O) groups is 1. The number of halogens is 3. The molecule has 2 saturated heterocycles. The van der Waals surface area contributed by atoms with E-state index in [0.29, 0.717) is 64.4 Å². The van der Waals surface area contributed by atoms with Gasteiger partial charge in [-0.2, -0.15) is 28.9 Å². The van der Waals surface area contributed by atoms with Gasteiger partial charge in [0.1, 0.15) is 34.5 Å². The van der Waals surface area contributed by atoms with Crippen molar-refractivity contribution in [3.05, 3.63) is 122 Å². The van der Waals surface area contributed by atoms with Gasteiger partial charge >= 0.3 is 11.8 Å². The summed E-state index contributed by atoms with van der Waals surface area (Å²) in [5.74, 6) is -1.12. The Hall–Kier alpha value is -7.64. The van der Waals surface area contributed by atoms with Crippen molar-refractivity contribution in [1.82, 2.24) is 58.3 Å². The summed E-state index contributed by atoms with van der Waals surface area (Å²) in [7, 11) is -4.38. The number of nitrogens with one attached hydrogen (secondary N) is 2. The van der Waals surface area contributed by atoms with Crippen LogP contribution in [0.2, 0.25) is 0 Å². The number of aromatic hydroxyl groups is 1. The van der Waals surface area contributed by atoms with E-state index in [1.807, 2.05) is 57.7 Å². The number of H-pyrrole nitrogens is 1. The summed E-state index contributed by atoms with van der Waals surface area (Å²) in [4.78, 5) is 64.9. The summed E-state index contributed by atoms with van der Waals surface area (Å²) in [6, 6.07) is 10.8. The molecule has 2 aromatic carbocycles. The van der Waals surface area contributed by atoms with Crippen LogP contribution in [-0.2, 0) is 21.3 Å². The number of aryl methyl sites for hydroxylation is 2. The van der Waals surface area contributed by atoms with Crippen molar-refractivity contribution in [2.75, 3.05) is 47.8 Å². The van der Waals surface area contributed by atoms with Gasteiger partial charge in [0.15, 0.2) is 17.1 Å². The van der Waals surface area contributed by atoms with E-state index in [1.54, 1.807) is 46.6 Å².